The first kappa shape index (κ1) is 13.7. The normalized spacial score (nSPS) is 16.6. The summed E-state index contributed by atoms with van der Waals surface area (Å²) in [5.74, 6) is -0.0953. The van der Waals surface area contributed by atoms with Gasteiger partial charge in [-0.15, -0.1) is 0 Å². The summed E-state index contributed by atoms with van der Waals surface area (Å²) >= 11 is 0. The number of hydrogen-bond donors (Lipinski definition) is 1. The van der Waals surface area contributed by atoms with E-state index in [4.69, 9.17) is 5.73 Å². The minimum Gasteiger partial charge on any atom is -0.330 e. The Balaban J connectivity index is 2.06. The van der Waals surface area contributed by atoms with E-state index in [1.165, 1.54) is 10.5 Å². The number of amides is 2. The summed E-state index contributed by atoms with van der Waals surface area (Å²) in [4.78, 5) is 25.2. The summed E-state index contributed by atoms with van der Waals surface area (Å²) in [7, 11) is 0. The predicted molar refractivity (Wildman–Crippen MR) is 73.2 cm³/mol. The first-order chi connectivity index (χ1) is 9.20. The first-order valence-electron chi connectivity index (χ1n) is 6.82. The molecule has 1 aromatic rings. The van der Waals surface area contributed by atoms with Crippen molar-refractivity contribution in [3.8, 4) is 0 Å². The summed E-state index contributed by atoms with van der Waals surface area (Å²) in [6.45, 7) is 1.02. The molecule has 102 valence electrons. The highest BCUT2D eigenvalue weighted by Crippen LogP contribution is 2.16. The molecular formula is C15H20N2O2. The lowest BCUT2D eigenvalue weighted by atomic mass is 10.1. The van der Waals surface area contributed by atoms with Crippen LogP contribution in [0.3, 0.4) is 0 Å². The Morgan fingerprint density at radius 2 is 1.47 bits per heavy atom. The van der Waals surface area contributed by atoms with Crippen molar-refractivity contribution in [2.45, 2.75) is 38.6 Å². The molecule has 2 rings (SSSR count). The van der Waals surface area contributed by atoms with E-state index in [2.05, 4.69) is 0 Å². The molecular weight excluding hydrogens is 240 g/mol. The molecule has 4 heteroatoms. The van der Waals surface area contributed by atoms with Crippen LogP contribution < -0.4 is 5.73 Å². The van der Waals surface area contributed by atoms with Crippen LogP contribution in [0.25, 0.3) is 0 Å². The Morgan fingerprint density at radius 3 is 2.00 bits per heavy atom. The standard InChI is InChI=1S/C15H20N2O2/c16-10-9-12-5-7-13(8-6-12)11-17-14(18)3-1-2-4-15(17)19/h5-8H,1-4,9-11,16H2. The number of carbonyl (C=O) groups excluding carboxylic acids is 2. The topological polar surface area (TPSA) is 63.4 Å². The van der Waals surface area contributed by atoms with Gasteiger partial charge in [-0.1, -0.05) is 24.3 Å². The van der Waals surface area contributed by atoms with E-state index in [-0.39, 0.29) is 11.8 Å². The van der Waals surface area contributed by atoms with Gasteiger partial charge in [-0.25, -0.2) is 0 Å². The van der Waals surface area contributed by atoms with Crippen molar-refractivity contribution in [1.82, 2.24) is 4.90 Å². The van der Waals surface area contributed by atoms with Crippen molar-refractivity contribution in [1.29, 1.82) is 0 Å². The lowest BCUT2D eigenvalue weighted by molar-refractivity contribution is -0.144. The van der Waals surface area contributed by atoms with Crippen molar-refractivity contribution in [3.63, 3.8) is 0 Å². The van der Waals surface area contributed by atoms with Crippen LogP contribution in [0.15, 0.2) is 24.3 Å². The monoisotopic (exact) mass is 260 g/mol. The maximum Gasteiger partial charge on any atom is 0.229 e. The van der Waals surface area contributed by atoms with Crippen LogP contribution in [0.4, 0.5) is 0 Å². The SMILES string of the molecule is NCCc1ccc(CN2C(=O)CCCCC2=O)cc1. The van der Waals surface area contributed by atoms with Crippen LogP contribution in [0.1, 0.15) is 36.8 Å². The largest absolute Gasteiger partial charge is 0.330 e. The number of carbonyl (C=O) groups is 2. The summed E-state index contributed by atoms with van der Waals surface area (Å²) in [5, 5.41) is 0. The molecule has 0 unspecified atom stereocenters. The smallest absolute Gasteiger partial charge is 0.229 e. The Hall–Kier alpha value is -1.68. The van der Waals surface area contributed by atoms with Crippen molar-refractivity contribution in [2.24, 2.45) is 5.73 Å². The molecule has 19 heavy (non-hydrogen) atoms. The molecule has 2 amide bonds. The Morgan fingerprint density at radius 1 is 0.947 bits per heavy atom. The lowest BCUT2D eigenvalue weighted by Crippen LogP contribution is -2.34. The fourth-order valence-electron chi connectivity index (χ4n) is 2.30. The molecule has 0 radical (unpaired) electrons. The second-order valence-corrected chi connectivity index (χ2v) is 4.94. The number of hydrogen-bond acceptors (Lipinski definition) is 3. The van der Waals surface area contributed by atoms with Gasteiger partial charge in [0.25, 0.3) is 0 Å². The van der Waals surface area contributed by atoms with Gasteiger partial charge in [0.2, 0.25) is 11.8 Å². The minimum atomic E-state index is -0.0477. The average molecular weight is 260 g/mol. The first-order valence-corrected chi connectivity index (χ1v) is 6.82. The number of benzene rings is 1. The third kappa shape index (κ3) is 3.64. The van der Waals surface area contributed by atoms with Gasteiger partial charge < -0.3 is 5.73 Å². The van der Waals surface area contributed by atoms with Crippen molar-refractivity contribution < 1.29 is 9.59 Å². The van der Waals surface area contributed by atoms with Crippen LogP contribution in [-0.2, 0) is 22.6 Å². The van der Waals surface area contributed by atoms with Gasteiger partial charge in [0.05, 0.1) is 6.54 Å². The molecule has 1 fully saturated rings. The van der Waals surface area contributed by atoms with Gasteiger partial charge >= 0.3 is 0 Å². The average Bonchev–Trinajstić information content (AvgIpc) is 2.56. The van der Waals surface area contributed by atoms with E-state index in [1.807, 2.05) is 24.3 Å². The number of imide groups is 1. The highest BCUT2D eigenvalue weighted by atomic mass is 16.2. The number of nitrogens with two attached hydrogens (primary N) is 1. The predicted octanol–water partition coefficient (Wildman–Crippen LogP) is 1.62. The minimum absolute atomic E-state index is 0.0477. The fourth-order valence-corrected chi connectivity index (χ4v) is 2.30. The van der Waals surface area contributed by atoms with Crippen LogP contribution >= 0.6 is 0 Å². The third-order valence-corrected chi connectivity index (χ3v) is 3.43. The molecule has 0 atom stereocenters. The Kier molecular flexibility index (Phi) is 4.68. The van der Waals surface area contributed by atoms with Crippen molar-refractivity contribution >= 4 is 11.8 Å². The number of likely N-dealkylation sites (tertiary alicyclic amines) is 1. The molecule has 0 aromatic heterocycles. The maximum absolute atomic E-state index is 11.9. The van der Waals surface area contributed by atoms with Gasteiger partial charge in [0.1, 0.15) is 0 Å². The van der Waals surface area contributed by atoms with Gasteiger partial charge in [-0.2, -0.15) is 0 Å². The summed E-state index contributed by atoms with van der Waals surface area (Å²) in [6, 6.07) is 7.96. The zero-order valence-corrected chi connectivity index (χ0v) is 11.1. The lowest BCUT2D eigenvalue weighted by Gasteiger charge is -2.18. The molecule has 2 N–H and O–H groups in total. The Labute approximate surface area is 113 Å². The Bertz CT molecular complexity index is 436. The van der Waals surface area contributed by atoms with Crippen LogP contribution in [-0.4, -0.2) is 23.3 Å². The van der Waals surface area contributed by atoms with E-state index in [1.54, 1.807) is 0 Å². The van der Waals surface area contributed by atoms with Crippen molar-refractivity contribution in [2.75, 3.05) is 6.54 Å². The molecule has 1 aromatic carbocycles. The van der Waals surface area contributed by atoms with E-state index < -0.39 is 0 Å². The molecule has 1 aliphatic rings. The molecule has 1 saturated heterocycles. The van der Waals surface area contributed by atoms with Gasteiger partial charge in [-0.05, 0) is 36.9 Å². The molecule has 1 heterocycles. The summed E-state index contributed by atoms with van der Waals surface area (Å²) < 4.78 is 0. The quantitative estimate of drug-likeness (QED) is 0.837. The summed E-state index contributed by atoms with van der Waals surface area (Å²) in [6.07, 6.45) is 3.45. The summed E-state index contributed by atoms with van der Waals surface area (Å²) in [5.41, 5.74) is 7.67. The zero-order chi connectivity index (χ0) is 13.7. The van der Waals surface area contributed by atoms with Gasteiger partial charge in [0, 0.05) is 12.8 Å². The zero-order valence-electron chi connectivity index (χ0n) is 11.1. The van der Waals surface area contributed by atoms with E-state index >= 15 is 0 Å². The van der Waals surface area contributed by atoms with Crippen LogP contribution in [0.5, 0.6) is 0 Å². The second kappa shape index (κ2) is 6.48. The fraction of sp³-hybridized carbons (Fsp3) is 0.467. The molecule has 4 nitrogen and oxygen atoms in total. The van der Waals surface area contributed by atoms with Crippen LogP contribution in [0.2, 0.25) is 0 Å². The third-order valence-electron chi connectivity index (χ3n) is 3.43. The number of nitrogens with zero attached hydrogens (tertiary/aromatic N) is 1. The van der Waals surface area contributed by atoms with Crippen LogP contribution in [0, 0.1) is 0 Å². The molecule has 0 bridgehead atoms. The maximum atomic E-state index is 11.9. The highest BCUT2D eigenvalue weighted by Gasteiger charge is 2.23. The molecule has 0 saturated carbocycles. The van der Waals surface area contributed by atoms with E-state index in [0.29, 0.717) is 25.9 Å². The van der Waals surface area contributed by atoms with E-state index in [9.17, 15) is 9.59 Å². The molecule has 0 aliphatic carbocycles. The molecule has 1 aliphatic heterocycles. The van der Waals surface area contributed by atoms with Crippen molar-refractivity contribution in [3.05, 3.63) is 35.4 Å². The van der Waals surface area contributed by atoms with Gasteiger partial charge in [0.15, 0.2) is 0 Å². The van der Waals surface area contributed by atoms with Gasteiger partial charge in [-0.3, -0.25) is 14.5 Å². The number of rotatable bonds is 4. The second-order valence-electron chi connectivity index (χ2n) is 4.94. The van der Waals surface area contributed by atoms with E-state index in [0.717, 1.165) is 24.8 Å². The highest BCUT2D eigenvalue weighted by molar-refractivity contribution is 5.95. The molecule has 0 spiro atoms.